The van der Waals surface area contributed by atoms with E-state index in [1.165, 1.54) is 21.1 Å². The number of ether oxygens (including phenoxy) is 2. The molecule has 0 fully saturated rings. The standard InChI is InChI=1S/C8H15NO5/c1-8(5-14-3,7(11)12)9-6(10)4-13-2/h4-5H2,1-3H3,(H,9,10)(H,11,12). The first kappa shape index (κ1) is 12.9. The number of nitrogens with one attached hydrogen (secondary N) is 1. The van der Waals surface area contributed by atoms with E-state index < -0.39 is 17.4 Å². The molecule has 0 rings (SSSR count). The largest absolute Gasteiger partial charge is 0.479 e. The van der Waals surface area contributed by atoms with Gasteiger partial charge < -0.3 is 19.9 Å². The molecule has 0 spiro atoms. The summed E-state index contributed by atoms with van der Waals surface area (Å²) < 4.78 is 9.27. The number of carbonyl (C=O) groups excluding carboxylic acids is 1. The average molecular weight is 205 g/mol. The lowest BCUT2D eigenvalue weighted by atomic mass is 10.0. The SMILES string of the molecule is COCC(=O)NC(C)(COC)C(=O)O. The Morgan fingerprint density at radius 3 is 2.29 bits per heavy atom. The highest BCUT2D eigenvalue weighted by Gasteiger charge is 2.34. The van der Waals surface area contributed by atoms with Crippen LogP contribution in [0.15, 0.2) is 0 Å². The van der Waals surface area contributed by atoms with Crippen molar-refractivity contribution in [3.05, 3.63) is 0 Å². The summed E-state index contributed by atoms with van der Waals surface area (Å²) >= 11 is 0. The summed E-state index contributed by atoms with van der Waals surface area (Å²) in [6.07, 6.45) is 0. The van der Waals surface area contributed by atoms with E-state index in [0.29, 0.717) is 0 Å². The minimum atomic E-state index is -1.41. The van der Waals surface area contributed by atoms with Gasteiger partial charge in [-0.1, -0.05) is 0 Å². The van der Waals surface area contributed by atoms with Gasteiger partial charge >= 0.3 is 5.97 Å². The highest BCUT2D eigenvalue weighted by Crippen LogP contribution is 2.04. The molecule has 0 aromatic rings. The Morgan fingerprint density at radius 1 is 1.36 bits per heavy atom. The Hall–Kier alpha value is -1.14. The lowest BCUT2D eigenvalue weighted by molar-refractivity contribution is -0.149. The zero-order valence-electron chi connectivity index (χ0n) is 8.49. The first-order valence-electron chi connectivity index (χ1n) is 3.98. The molecule has 0 aromatic heterocycles. The minimum Gasteiger partial charge on any atom is -0.479 e. The molecule has 1 amide bonds. The van der Waals surface area contributed by atoms with Gasteiger partial charge in [-0.05, 0) is 6.92 Å². The van der Waals surface area contributed by atoms with E-state index in [-0.39, 0.29) is 13.2 Å². The van der Waals surface area contributed by atoms with E-state index in [1.54, 1.807) is 0 Å². The Balaban J connectivity index is 4.36. The van der Waals surface area contributed by atoms with Crippen LogP contribution in [0.3, 0.4) is 0 Å². The molecule has 1 unspecified atom stereocenters. The van der Waals surface area contributed by atoms with Crippen molar-refractivity contribution in [2.45, 2.75) is 12.5 Å². The fourth-order valence-electron chi connectivity index (χ4n) is 0.915. The molecular weight excluding hydrogens is 190 g/mol. The van der Waals surface area contributed by atoms with Gasteiger partial charge in [0.1, 0.15) is 6.61 Å². The van der Waals surface area contributed by atoms with Crippen LogP contribution in [0.2, 0.25) is 0 Å². The maximum Gasteiger partial charge on any atom is 0.331 e. The first-order chi connectivity index (χ1) is 6.46. The number of hydrogen-bond acceptors (Lipinski definition) is 4. The van der Waals surface area contributed by atoms with E-state index in [1.807, 2.05) is 0 Å². The Morgan fingerprint density at radius 2 is 1.93 bits per heavy atom. The van der Waals surface area contributed by atoms with E-state index in [4.69, 9.17) is 9.84 Å². The lowest BCUT2D eigenvalue weighted by Gasteiger charge is -2.24. The summed E-state index contributed by atoms with van der Waals surface area (Å²) in [5.74, 6) is -1.64. The van der Waals surface area contributed by atoms with E-state index in [9.17, 15) is 9.59 Å². The number of rotatable bonds is 6. The van der Waals surface area contributed by atoms with Gasteiger partial charge in [0.2, 0.25) is 5.91 Å². The molecule has 14 heavy (non-hydrogen) atoms. The summed E-state index contributed by atoms with van der Waals surface area (Å²) in [7, 11) is 2.72. The Bertz CT molecular complexity index is 218. The van der Waals surface area contributed by atoms with Crippen molar-refractivity contribution in [2.75, 3.05) is 27.4 Å². The van der Waals surface area contributed by atoms with Gasteiger partial charge in [0, 0.05) is 14.2 Å². The zero-order valence-corrected chi connectivity index (χ0v) is 8.49. The molecule has 0 aliphatic carbocycles. The summed E-state index contributed by atoms with van der Waals surface area (Å²) in [5, 5.41) is 11.2. The second kappa shape index (κ2) is 5.56. The summed E-state index contributed by atoms with van der Waals surface area (Å²) in [6, 6.07) is 0. The molecule has 82 valence electrons. The molecule has 0 heterocycles. The molecule has 0 aromatic carbocycles. The molecule has 6 nitrogen and oxygen atoms in total. The molecule has 0 aliphatic rings. The van der Waals surface area contributed by atoms with Crippen molar-refractivity contribution in [1.82, 2.24) is 5.32 Å². The van der Waals surface area contributed by atoms with Gasteiger partial charge in [-0.15, -0.1) is 0 Å². The van der Waals surface area contributed by atoms with Crippen LogP contribution in [0.25, 0.3) is 0 Å². The van der Waals surface area contributed by atoms with Crippen LogP contribution < -0.4 is 5.32 Å². The number of methoxy groups -OCH3 is 2. The normalized spacial score (nSPS) is 14.5. The van der Waals surface area contributed by atoms with Gasteiger partial charge in [0.25, 0.3) is 0 Å². The molecule has 6 heteroatoms. The quantitative estimate of drug-likeness (QED) is 0.595. The maximum atomic E-state index is 11.1. The van der Waals surface area contributed by atoms with Crippen LogP contribution >= 0.6 is 0 Å². The smallest absolute Gasteiger partial charge is 0.331 e. The topological polar surface area (TPSA) is 84.9 Å². The minimum absolute atomic E-state index is 0.0994. The van der Waals surface area contributed by atoms with Gasteiger partial charge in [-0.2, -0.15) is 0 Å². The third-order valence-electron chi connectivity index (χ3n) is 1.60. The van der Waals surface area contributed by atoms with E-state index in [0.717, 1.165) is 0 Å². The zero-order chi connectivity index (χ0) is 11.2. The number of carbonyl (C=O) groups is 2. The number of amides is 1. The molecule has 0 bridgehead atoms. The maximum absolute atomic E-state index is 11.1. The Kier molecular flexibility index (Phi) is 5.11. The van der Waals surface area contributed by atoms with Crippen LogP contribution in [0, 0.1) is 0 Å². The number of hydrogen-bond donors (Lipinski definition) is 2. The van der Waals surface area contributed by atoms with Gasteiger partial charge in [-0.3, -0.25) is 4.79 Å². The number of carboxylic acid groups (broad SMARTS) is 1. The van der Waals surface area contributed by atoms with Crippen molar-refractivity contribution >= 4 is 11.9 Å². The average Bonchev–Trinajstić information content (AvgIpc) is 2.04. The lowest BCUT2D eigenvalue weighted by Crippen LogP contribution is -2.56. The predicted molar refractivity (Wildman–Crippen MR) is 47.9 cm³/mol. The second-order valence-electron chi connectivity index (χ2n) is 3.05. The van der Waals surface area contributed by atoms with Gasteiger partial charge in [0.05, 0.1) is 6.61 Å². The summed E-state index contributed by atoms with van der Waals surface area (Å²) in [5.41, 5.74) is -1.41. The number of aliphatic carboxylic acids is 1. The highest BCUT2D eigenvalue weighted by molar-refractivity contribution is 5.87. The molecule has 0 saturated heterocycles. The summed E-state index contributed by atoms with van der Waals surface area (Å²) in [4.78, 5) is 21.9. The summed E-state index contributed by atoms with van der Waals surface area (Å²) in [6.45, 7) is 1.09. The molecule has 0 saturated carbocycles. The van der Waals surface area contributed by atoms with Crippen LogP contribution in [0.5, 0.6) is 0 Å². The van der Waals surface area contributed by atoms with Crippen molar-refractivity contribution < 1.29 is 24.2 Å². The van der Waals surface area contributed by atoms with Crippen LogP contribution in [-0.4, -0.2) is 50.0 Å². The van der Waals surface area contributed by atoms with Crippen LogP contribution in [0.1, 0.15) is 6.92 Å². The van der Waals surface area contributed by atoms with E-state index >= 15 is 0 Å². The molecule has 2 N–H and O–H groups in total. The fourth-order valence-corrected chi connectivity index (χ4v) is 0.915. The monoisotopic (exact) mass is 205 g/mol. The predicted octanol–water partition coefficient (Wildman–Crippen LogP) is -0.761. The first-order valence-corrected chi connectivity index (χ1v) is 3.98. The van der Waals surface area contributed by atoms with Crippen molar-refractivity contribution in [2.24, 2.45) is 0 Å². The molecule has 1 atom stereocenters. The van der Waals surface area contributed by atoms with Crippen LogP contribution in [0.4, 0.5) is 0 Å². The van der Waals surface area contributed by atoms with Gasteiger partial charge in [-0.25, -0.2) is 4.79 Å². The third kappa shape index (κ3) is 3.71. The second-order valence-corrected chi connectivity index (χ2v) is 3.05. The van der Waals surface area contributed by atoms with Crippen LogP contribution in [-0.2, 0) is 19.1 Å². The molecular formula is C8H15NO5. The third-order valence-corrected chi connectivity index (χ3v) is 1.60. The number of carboxylic acids is 1. The van der Waals surface area contributed by atoms with E-state index in [2.05, 4.69) is 10.1 Å². The highest BCUT2D eigenvalue weighted by atomic mass is 16.5. The molecule has 0 radical (unpaired) electrons. The van der Waals surface area contributed by atoms with Crippen molar-refractivity contribution in [1.29, 1.82) is 0 Å². The fraction of sp³-hybridized carbons (Fsp3) is 0.750. The van der Waals surface area contributed by atoms with Gasteiger partial charge in [0.15, 0.2) is 5.54 Å². The van der Waals surface area contributed by atoms with Crippen molar-refractivity contribution in [3.63, 3.8) is 0 Å². The molecule has 0 aliphatic heterocycles. The van der Waals surface area contributed by atoms with Crippen molar-refractivity contribution in [3.8, 4) is 0 Å². The Labute approximate surface area is 82.2 Å².